The summed E-state index contributed by atoms with van der Waals surface area (Å²) in [5.41, 5.74) is 4.67. The molecule has 0 atom stereocenters. The van der Waals surface area contributed by atoms with Crippen LogP contribution in [-0.4, -0.2) is 0 Å². The fraction of sp³-hybridized carbons (Fsp3) is 0.500. The monoisotopic (exact) mass is 424 g/mol. The topological polar surface area (TPSA) is 0 Å². The molecule has 0 aliphatic heterocycles. The molecule has 0 heterocycles. The Balaban J connectivity index is 1.44. The van der Waals surface area contributed by atoms with Crippen LogP contribution in [0.3, 0.4) is 0 Å². The van der Waals surface area contributed by atoms with Crippen molar-refractivity contribution in [2.24, 2.45) is 11.8 Å². The second-order valence-corrected chi connectivity index (χ2v) is 9.47. The molecule has 168 valence electrons. The molecule has 1 aliphatic carbocycles. The van der Waals surface area contributed by atoms with Crippen molar-refractivity contribution >= 4 is 0 Å². The molecule has 0 saturated heterocycles. The number of rotatable bonds is 8. The van der Waals surface area contributed by atoms with E-state index in [2.05, 4.69) is 86.1 Å². The highest BCUT2D eigenvalue weighted by molar-refractivity contribution is 5.46. The summed E-state index contributed by atoms with van der Waals surface area (Å²) >= 11 is 0. The van der Waals surface area contributed by atoms with Gasteiger partial charge in [-0.3, -0.25) is 0 Å². The average molecular weight is 425 g/mol. The second kappa shape index (κ2) is 13.9. The fourth-order valence-electron chi connectivity index (χ4n) is 4.64. The molecule has 0 N–H and O–H groups in total. The van der Waals surface area contributed by atoms with Crippen molar-refractivity contribution in [2.75, 3.05) is 0 Å². The Bertz CT molecular complexity index is 900. The zero-order valence-corrected chi connectivity index (χ0v) is 20.3. The number of hydrogen-bond acceptors (Lipinski definition) is 0. The lowest BCUT2D eigenvalue weighted by atomic mass is 9.78. The predicted molar refractivity (Wildman–Crippen MR) is 139 cm³/mol. The zero-order chi connectivity index (χ0) is 22.4. The van der Waals surface area contributed by atoms with Gasteiger partial charge in [-0.1, -0.05) is 101 Å². The van der Waals surface area contributed by atoms with Gasteiger partial charge in [-0.2, -0.15) is 0 Å². The van der Waals surface area contributed by atoms with Crippen molar-refractivity contribution in [3.05, 3.63) is 70.8 Å². The first kappa shape index (κ1) is 24.2. The van der Waals surface area contributed by atoms with Crippen LogP contribution in [-0.2, 0) is 6.42 Å². The van der Waals surface area contributed by atoms with Gasteiger partial charge in [0.1, 0.15) is 0 Å². The third-order valence-electron chi connectivity index (χ3n) is 6.96. The average Bonchev–Trinajstić information content (AvgIpc) is 2.85. The Morgan fingerprint density at radius 3 is 1.81 bits per heavy atom. The molecule has 0 nitrogen and oxygen atoms in total. The summed E-state index contributed by atoms with van der Waals surface area (Å²) in [6.45, 7) is 4.58. The van der Waals surface area contributed by atoms with Crippen LogP contribution >= 0.6 is 0 Å². The Morgan fingerprint density at radius 2 is 1.22 bits per heavy atom. The molecule has 1 saturated carbocycles. The Labute approximate surface area is 197 Å². The molecule has 1 aliphatic rings. The summed E-state index contributed by atoms with van der Waals surface area (Å²) in [6, 6.07) is 17.2. The first-order valence-electron chi connectivity index (χ1n) is 13.0. The lowest BCUT2D eigenvalue weighted by Crippen LogP contribution is -2.14. The van der Waals surface area contributed by atoms with E-state index in [1.54, 1.807) is 0 Å². The SMILES string of the molecule is CCCCCCC#Cc1ccc(C#Cc2ccc(CC[C@H]3CC[C@H](CC)CC3)cc2)cc1. The van der Waals surface area contributed by atoms with E-state index in [1.807, 2.05) is 0 Å². The number of aryl methyl sites for hydroxylation is 1. The Morgan fingerprint density at radius 1 is 0.656 bits per heavy atom. The number of benzene rings is 2. The van der Waals surface area contributed by atoms with Crippen LogP contribution in [0.25, 0.3) is 0 Å². The van der Waals surface area contributed by atoms with Crippen LogP contribution in [0.4, 0.5) is 0 Å². The summed E-state index contributed by atoms with van der Waals surface area (Å²) in [5.74, 6) is 15.1. The molecule has 2 aromatic rings. The van der Waals surface area contributed by atoms with Gasteiger partial charge in [-0.25, -0.2) is 0 Å². The molecule has 0 unspecified atom stereocenters. The smallest absolute Gasteiger partial charge is 0.0249 e. The van der Waals surface area contributed by atoms with Gasteiger partial charge in [0.15, 0.2) is 0 Å². The first-order chi connectivity index (χ1) is 15.8. The van der Waals surface area contributed by atoms with Crippen molar-refractivity contribution in [1.29, 1.82) is 0 Å². The zero-order valence-electron chi connectivity index (χ0n) is 20.3. The van der Waals surface area contributed by atoms with Crippen molar-refractivity contribution in [1.82, 2.24) is 0 Å². The molecule has 0 radical (unpaired) electrons. The van der Waals surface area contributed by atoms with Crippen LogP contribution in [0.2, 0.25) is 0 Å². The van der Waals surface area contributed by atoms with Crippen molar-refractivity contribution in [3.63, 3.8) is 0 Å². The maximum atomic E-state index is 3.31. The quantitative estimate of drug-likeness (QED) is 0.294. The lowest BCUT2D eigenvalue weighted by molar-refractivity contribution is 0.259. The van der Waals surface area contributed by atoms with Gasteiger partial charge in [-0.05, 0) is 73.1 Å². The third kappa shape index (κ3) is 8.60. The van der Waals surface area contributed by atoms with Gasteiger partial charge in [0.25, 0.3) is 0 Å². The highest BCUT2D eigenvalue weighted by Crippen LogP contribution is 2.33. The van der Waals surface area contributed by atoms with Gasteiger partial charge in [-0.15, -0.1) is 0 Å². The van der Waals surface area contributed by atoms with Crippen LogP contribution in [0.15, 0.2) is 48.5 Å². The minimum absolute atomic E-state index is 0.936. The van der Waals surface area contributed by atoms with E-state index >= 15 is 0 Å². The molecule has 32 heavy (non-hydrogen) atoms. The van der Waals surface area contributed by atoms with E-state index in [4.69, 9.17) is 0 Å². The molecular formula is C32H40. The first-order valence-corrected chi connectivity index (χ1v) is 13.0. The summed E-state index contributed by atoms with van der Waals surface area (Å²) < 4.78 is 0. The maximum absolute atomic E-state index is 3.31. The molecule has 2 aromatic carbocycles. The normalized spacial score (nSPS) is 17.7. The van der Waals surface area contributed by atoms with Crippen LogP contribution in [0.1, 0.15) is 107 Å². The van der Waals surface area contributed by atoms with Gasteiger partial charge >= 0.3 is 0 Å². The second-order valence-electron chi connectivity index (χ2n) is 9.47. The highest BCUT2D eigenvalue weighted by atomic mass is 14.2. The molecule has 0 heteroatoms. The van der Waals surface area contributed by atoms with E-state index in [9.17, 15) is 0 Å². The van der Waals surface area contributed by atoms with Gasteiger partial charge in [0, 0.05) is 23.1 Å². The van der Waals surface area contributed by atoms with Gasteiger partial charge in [0.05, 0.1) is 0 Å². The number of hydrogen-bond donors (Lipinski definition) is 0. The summed E-state index contributed by atoms with van der Waals surface area (Å²) in [6.07, 6.45) is 15.8. The summed E-state index contributed by atoms with van der Waals surface area (Å²) in [4.78, 5) is 0. The van der Waals surface area contributed by atoms with Crippen molar-refractivity contribution < 1.29 is 0 Å². The molecule has 0 spiro atoms. The minimum atomic E-state index is 0.936. The Kier molecular flexibility index (Phi) is 10.5. The standard InChI is InChI=1S/C32H40/c1-3-5-6-7-8-9-10-28-15-17-30(18-16-28)21-22-32-25-23-31(24-26-32)20-19-29-13-11-27(4-2)12-14-29/h15-18,23-27,29H,3-8,11-14,19-20H2,1-2H3/t27-,29-. The molecule has 0 amide bonds. The van der Waals surface area contributed by atoms with Crippen molar-refractivity contribution in [3.8, 4) is 23.7 Å². The molecular weight excluding hydrogens is 384 g/mol. The van der Waals surface area contributed by atoms with E-state index in [1.165, 1.54) is 76.2 Å². The summed E-state index contributed by atoms with van der Waals surface area (Å²) in [5, 5.41) is 0. The van der Waals surface area contributed by atoms with E-state index in [-0.39, 0.29) is 0 Å². The summed E-state index contributed by atoms with van der Waals surface area (Å²) in [7, 11) is 0. The van der Waals surface area contributed by atoms with Crippen LogP contribution in [0.5, 0.6) is 0 Å². The third-order valence-corrected chi connectivity index (χ3v) is 6.96. The molecule has 0 aromatic heterocycles. The molecule has 3 rings (SSSR count). The maximum Gasteiger partial charge on any atom is 0.0249 e. The van der Waals surface area contributed by atoms with Crippen LogP contribution in [0, 0.1) is 35.5 Å². The van der Waals surface area contributed by atoms with Gasteiger partial charge in [0.2, 0.25) is 0 Å². The predicted octanol–water partition coefficient (Wildman–Crippen LogP) is 8.56. The largest absolute Gasteiger partial charge is 0.0979 e. The molecule has 0 bridgehead atoms. The highest BCUT2D eigenvalue weighted by Gasteiger charge is 2.19. The van der Waals surface area contributed by atoms with E-state index < -0.39 is 0 Å². The van der Waals surface area contributed by atoms with Crippen LogP contribution < -0.4 is 0 Å². The minimum Gasteiger partial charge on any atom is -0.0979 e. The fourth-order valence-corrected chi connectivity index (χ4v) is 4.64. The van der Waals surface area contributed by atoms with E-state index in [0.717, 1.165) is 34.9 Å². The lowest BCUT2D eigenvalue weighted by Gasteiger charge is -2.27. The van der Waals surface area contributed by atoms with Crippen molar-refractivity contribution in [2.45, 2.75) is 90.9 Å². The van der Waals surface area contributed by atoms with E-state index in [0.29, 0.717) is 0 Å². The Hall–Kier alpha value is -2.44. The molecule has 1 fully saturated rings. The number of unbranched alkanes of at least 4 members (excludes halogenated alkanes) is 4. The van der Waals surface area contributed by atoms with Gasteiger partial charge < -0.3 is 0 Å².